The number of hydrogen-bond acceptors (Lipinski definition) is 2. The first-order valence-electron chi connectivity index (χ1n) is 7.35. The van der Waals surface area contributed by atoms with E-state index in [1.54, 1.807) is 0 Å². The van der Waals surface area contributed by atoms with Gasteiger partial charge in [0.05, 0.1) is 6.54 Å². The maximum atomic E-state index is 3.47. The van der Waals surface area contributed by atoms with Crippen molar-refractivity contribution in [2.24, 2.45) is 5.92 Å². The molecule has 1 aliphatic rings. The Labute approximate surface area is 117 Å². The summed E-state index contributed by atoms with van der Waals surface area (Å²) in [5.41, 5.74) is 1.10. The molecule has 0 bridgehead atoms. The molecule has 0 unspecified atom stereocenters. The normalized spacial score (nSPS) is 16.9. The van der Waals surface area contributed by atoms with Crippen LogP contribution >= 0.6 is 0 Å². The van der Waals surface area contributed by atoms with Crippen LogP contribution < -0.4 is 5.32 Å². The van der Waals surface area contributed by atoms with Crippen molar-refractivity contribution in [3.8, 4) is 11.8 Å². The van der Waals surface area contributed by atoms with Gasteiger partial charge in [-0.25, -0.2) is 0 Å². The van der Waals surface area contributed by atoms with Crippen molar-refractivity contribution in [1.82, 2.24) is 10.2 Å². The van der Waals surface area contributed by atoms with E-state index in [4.69, 9.17) is 0 Å². The predicted molar refractivity (Wildman–Crippen MR) is 81.0 cm³/mol. The molecule has 0 spiro atoms. The van der Waals surface area contributed by atoms with Gasteiger partial charge in [-0.15, -0.1) is 0 Å². The largest absolute Gasteiger partial charge is 0.306 e. The third-order valence-corrected chi connectivity index (χ3v) is 3.81. The third-order valence-electron chi connectivity index (χ3n) is 3.81. The van der Waals surface area contributed by atoms with E-state index >= 15 is 0 Å². The van der Waals surface area contributed by atoms with Crippen LogP contribution in [0.25, 0.3) is 0 Å². The lowest BCUT2D eigenvalue weighted by Crippen LogP contribution is -2.37. The monoisotopic (exact) mass is 256 g/mol. The van der Waals surface area contributed by atoms with E-state index in [0.717, 1.165) is 24.6 Å². The summed E-state index contributed by atoms with van der Waals surface area (Å²) < 4.78 is 0. The summed E-state index contributed by atoms with van der Waals surface area (Å²) in [5.74, 6) is 7.20. The van der Waals surface area contributed by atoms with Crippen LogP contribution in [0.5, 0.6) is 0 Å². The van der Waals surface area contributed by atoms with Gasteiger partial charge >= 0.3 is 0 Å². The van der Waals surface area contributed by atoms with Crippen LogP contribution in [0.2, 0.25) is 0 Å². The van der Waals surface area contributed by atoms with Gasteiger partial charge in [-0.05, 0) is 57.1 Å². The first-order valence-corrected chi connectivity index (χ1v) is 7.35. The molecule has 0 aliphatic carbocycles. The van der Waals surface area contributed by atoms with Crippen LogP contribution in [0, 0.1) is 17.8 Å². The van der Waals surface area contributed by atoms with Gasteiger partial charge in [-0.1, -0.05) is 37.0 Å². The number of nitrogens with one attached hydrogen (secondary N) is 1. The van der Waals surface area contributed by atoms with Gasteiger partial charge in [-0.2, -0.15) is 0 Å². The van der Waals surface area contributed by atoms with Gasteiger partial charge in [0.2, 0.25) is 0 Å². The van der Waals surface area contributed by atoms with Crippen molar-refractivity contribution in [3.05, 3.63) is 35.9 Å². The highest BCUT2D eigenvalue weighted by molar-refractivity contribution is 5.33. The highest BCUT2D eigenvalue weighted by Gasteiger charge is 2.16. The van der Waals surface area contributed by atoms with E-state index < -0.39 is 0 Å². The Morgan fingerprint density at radius 3 is 2.63 bits per heavy atom. The van der Waals surface area contributed by atoms with Crippen LogP contribution in [-0.4, -0.2) is 37.6 Å². The molecule has 0 amide bonds. The average Bonchev–Trinajstić information content (AvgIpc) is 2.49. The van der Waals surface area contributed by atoms with E-state index in [9.17, 15) is 0 Å². The number of nitrogens with zero attached hydrogens (tertiary/aromatic N) is 1. The zero-order valence-electron chi connectivity index (χ0n) is 11.9. The number of benzene rings is 1. The average molecular weight is 256 g/mol. The summed E-state index contributed by atoms with van der Waals surface area (Å²) in [7, 11) is 0. The first kappa shape index (κ1) is 14.1. The SMILES string of the molecule is CCN1CCC(CNCC#Cc2ccccc2)CC1. The highest BCUT2D eigenvalue weighted by Crippen LogP contribution is 2.15. The zero-order chi connectivity index (χ0) is 13.3. The summed E-state index contributed by atoms with van der Waals surface area (Å²) >= 11 is 0. The van der Waals surface area contributed by atoms with Gasteiger partial charge in [-0.3, -0.25) is 0 Å². The number of piperidine rings is 1. The van der Waals surface area contributed by atoms with Crippen molar-refractivity contribution < 1.29 is 0 Å². The maximum absolute atomic E-state index is 3.47. The molecule has 1 heterocycles. The molecule has 102 valence electrons. The summed E-state index contributed by atoms with van der Waals surface area (Å²) in [6.45, 7) is 7.88. The molecule has 1 saturated heterocycles. The second kappa shape index (κ2) is 7.99. The predicted octanol–water partition coefficient (Wildman–Crippen LogP) is 2.36. The second-order valence-corrected chi connectivity index (χ2v) is 5.18. The summed E-state index contributed by atoms with van der Waals surface area (Å²) in [4.78, 5) is 2.53. The second-order valence-electron chi connectivity index (χ2n) is 5.18. The topological polar surface area (TPSA) is 15.3 Å². The zero-order valence-corrected chi connectivity index (χ0v) is 11.9. The minimum absolute atomic E-state index is 0.795. The van der Waals surface area contributed by atoms with Crippen molar-refractivity contribution in [2.45, 2.75) is 19.8 Å². The molecule has 1 aromatic carbocycles. The van der Waals surface area contributed by atoms with E-state index in [0.29, 0.717) is 0 Å². The molecule has 2 heteroatoms. The van der Waals surface area contributed by atoms with E-state index in [1.165, 1.54) is 32.5 Å². The van der Waals surface area contributed by atoms with Crippen molar-refractivity contribution >= 4 is 0 Å². The molecule has 1 aliphatic heterocycles. The van der Waals surface area contributed by atoms with Gasteiger partial charge < -0.3 is 10.2 Å². The van der Waals surface area contributed by atoms with Crippen LogP contribution in [0.3, 0.4) is 0 Å². The molecule has 0 aromatic heterocycles. The Kier molecular flexibility index (Phi) is 5.94. The Balaban J connectivity index is 1.61. The quantitative estimate of drug-likeness (QED) is 0.657. The standard InChI is InChI=1S/C17H24N2/c1-2-19-13-10-17(11-14-19)15-18-12-6-9-16-7-4-3-5-8-16/h3-5,7-8,17-18H,2,10-15H2,1H3. The fourth-order valence-corrected chi connectivity index (χ4v) is 2.51. The molecule has 1 fully saturated rings. The van der Waals surface area contributed by atoms with Crippen molar-refractivity contribution in [3.63, 3.8) is 0 Å². The summed E-state index contributed by atoms with van der Waals surface area (Å²) in [6.07, 6.45) is 2.65. The minimum Gasteiger partial charge on any atom is -0.306 e. The lowest BCUT2D eigenvalue weighted by Gasteiger charge is -2.30. The molecular weight excluding hydrogens is 232 g/mol. The van der Waals surface area contributed by atoms with E-state index in [2.05, 4.69) is 29.0 Å². The first-order chi connectivity index (χ1) is 9.38. The third kappa shape index (κ3) is 5.06. The lowest BCUT2D eigenvalue weighted by atomic mass is 9.97. The summed E-state index contributed by atoms with van der Waals surface area (Å²) in [5, 5.41) is 3.47. The highest BCUT2D eigenvalue weighted by atomic mass is 15.1. The molecule has 0 saturated carbocycles. The maximum Gasteiger partial charge on any atom is 0.0580 e. The molecule has 2 nitrogen and oxygen atoms in total. The van der Waals surface area contributed by atoms with Crippen LogP contribution in [0.1, 0.15) is 25.3 Å². The molecular formula is C17H24N2. The van der Waals surface area contributed by atoms with Crippen LogP contribution in [-0.2, 0) is 0 Å². The Hall–Kier alpha value is -1.30. The van der Waals surface area contributed by atoms with Crippen LogP contribution in [0.15, 0.2) is 30.3 Å². The number of rotatable bonds is 4. The van der Waals surface area contributed by atoms with E-state index in [1.807, 2.05) is 30.3 Å². The lowest BCUT2D eigenvalue weighted by molar-refractivity contribution is 0.191. The van der Waals surface area contributed by atoms with Crippen molar-refractivity contribution in [1.29, 1.82) is 0 Å². The van der Waals surface area contributed by atoms with Crippen LogP contribution in [0.4, 0.5) is 0 Å². The van der Waals surface area contributed by atoms with Gasteiger partial charge in [0, 0.05) is 5.56 Å². The molecule has 1 aromatic rings. The minimum atomic E-state index is 0.795. The fraction of sp³-hybridized carbons (Fsp3) is 0.529. The Morgan fingerprint density at radius 1 is 1.21 bits per heavy atom. The Morgan fingerprint density at radius 2 is 1.95 bits per heavy atom. The molecule has 0 radical (unpaired) electrons. The van der Waals surface area contributed by atoms with Crippen molar-refractivity contribution in [2.75, 3.05) is 32.7 Å². The summed E-state index contributed by atoms with van der Waals surface area (Å²) in [6, 6.07) is 10.2. The molecule has 0 atom stereocenters. The Bertz CT molecular complexity index is 408. The van der Waals surface area contributed by atoms with Gasteiger partial charge in [0.15, 0.2) is 0 Å². The molecule has 19 heavy (non-hydrogen) atoms. The van der Waals surface area contributed by atoms with E-state index in [-0.39, 0.29) is 0 Å². The number of likely N-dealkylation sites (tertiary alicyclic amines) is 1. The molecule has 1 N–H and O–H groups in total. The van der Waals surface area contributed by atoms with Gasteiger partial charge in [0.1, 0.15) is 0 Å². The molecule has 2 rings (SSSR count). The number of hydrogen-bond donors (Lipinski definition) is 1. The van der Waals surface area contributed by atoms with Gasteiger partial charge in [0.25, 0.3) is 0 Å². The smallest absolute Gasteiger partial charge is 0.0580 e. The fourth-order valence-electron chi connectivity index (χ4n) is 2.51.